The number of benzene rings is 3. The molecule has 0 radical (unpaired) electrons. The van der Waals surface area contributed by atoms with E-state index >= 15 is 0 Å². The minimum absolute atomic E-state index is 0.399. The Kier molecular flexibility index (Phi) is 7.22. The zero-order valence-electron chi connectivity index (χ0n) is 16.5. The molecule has 3 aromatic carbocycles. The van der Waals surface area contributed by atoms with Crippen LogP contribution in [0, 0.1) is 0 Å². The highest BCUT2D eigenvalue weighted by Gasteiger charge is 2.07. The zero-order valence-corrected chi connectivity index (χ0v) is 16.5. The molecule has 3 rings (SSSR count). The van der Waals surface area contributed by atoms with Crippen molar-refractivity contribution in [3.8, 4) is 11.5 Å². The van der Waals surface area contributed by atoms with Crippen molar-refractivity contribution in [1.82, 2.24) is 10.9 Å². The average molecular weight is 402 g/mol. The molecule has 30 heavy (non-hydrogen) atoms. The summed E-state index contributed by atoms with van der Waals surface area (Å²) in [6.07, 6.45) is 2.93. The number of carbonyl (C=O) groups excluding carboxylic acids is 2. The van der Waals surface area contributed by atoms with Crippen molar-refractivity contribution in [2.45, 2.75) is 6.61 Å². The van der Waals surface area contributed by atoms with E-state index in [0.29, 0.717) is 23.7 Å². The number of methoxy groups -OCH3 is 1. The van der Waals surface area contributed by atoms with Crippen molar-refractivity contribution in [3.63, 3.8) is 0 Å². The summed E-state index contributed by atoms with van der Waals surface area (Å²) in [6, 6.07) is 23.8. The molecule has 0 spiro atoms. The molecule has 0 aliphatic carbocycles. The van der Waals surface area contributed by atoms with Crippen molar-refractivity contribution >= 4 is 17.9 Å². The highest BCUT2D eigenvalue weighted by atomic mass is 16.5. The molecule has 0 heterocycles. The predicted molar refractivity (Wildman–Crippen MR) is 115 cm³/mol. The lowest BCUT2D eigenvalue weighted by atomic mass is 10.2. The Morgan fingerprint density at radius 3 is 2.30 bits per heavy atom. The van der Waals surface area contributed by atoms with Crippen LogP contribution in [0.25, 0.3) is 6.08 Å². The summed E-state index contributed by atoms with van der Waals surface area (Å²) >= 11 is 0. The van der Waals surface area contributed by atoms with E-state index in [1.54, 1.807) is 43.5 Å². The summed E-state index contributed by atoms with van der Waals surface area (Å²) in [7, 11) is 1.56. The van der Waals surface area contributed by atoms with Crippen LogP contribution in [0.15, 0.2) is 84.9 Å². The third-order valence-electron chi connectivity index (χ3n) is 4.22. The number of hydrogen-bond donors (Lipinski definition) is 2. The van der Waals surface area contributed by atoms with Crippen LogP contribution in [0.1, 0.15) is 21.5 Å². The summed E-state index contributed by atoms with van der Waals surface area (Å²) in [5, 5.41) is 0. The third kappa shape index (κ3) is 5.97. The fraction of sp³-hybridized carbons (Fsp3) is 0.0833. The van der Waals surface area contributed by atoms with Gasteiger partial charge in [0.1, 0.15) is 18.1 Å². The Bertz CT molecular complexity index is 1010. The SMILES string of the molecule is COc1ccccc1C=CC(=O)NNC(=O)c1ccc(OCc2ccccc2)cc1. The van der Waals surface area contributed by atoms with E-state index in [-0.39, 0.29) is 0 Å². The average Bonchev–Trinajstić information content (AvgIpc) is 2.81. The van der Waals surface area contributed by atoms with Crippen LogP contribution in [0.2, 0.25) is 0 Å². The molecular weight excluding hydrogens is 380 g/mol. The molecule has 0 fully saturated rings. The molecular formula is C24H22N2O4. The largest absolute Gasteiger partial charge is 0.496 e. The van der Waals surface area contributed by atoms with Gasteiger partial charge in [-0.05, 0) is 42.0 Å². The first-order valence-corrected chi connectivity index (χ1v) is 9.34. The maximum atomic E-state index is 12.2. The van der Waals surface area contributed by atoms with Crippen LogP contribution in [0.5, 0.6) is 11.5 Å². The monoisotopic (exact) mass is 402 g/mol. The van der Waals surface area contributed by atoms with Gasteiger partial charge >= 0.3 is 0 Å². The molecule has 6 nitrogen and oxygen atoms in total. The molecule has 2 N–H and O–H groups in total. The van der Waals surface area contributed by atoms with Gasteiger partial charge in [-0.3, -0.25) is 20.4 Å². The molecule has 6 heteroatoms. The first kappa shape index (κ1) is 20.7. The molecule has 0 unspecified atom stereocenters. The number of rotatable bonds is 7. The first-order chi connectivity index (χ1) is 14.7. The number of hydrazine groups is 1. The van der Waals surface area contributed by atoms with Crippen LogP contribution in [0.3, 0.4) is 0 Å². The minimum atomic E-state index is -0.461. The number of amides is 2. The van der Waals surface area contributed by atoms with E-state index in [1.165, 1.54) is 6.08 Å². The summed E-state index contributed by atoms with van der Waals surface area (Å²) in [5.74, 6) is 0.417. The van der Waals surface area contributed by atoms with E-state index in [0.717, 1.165) is 11.1 Å². The Morgan fingerprint density at radius 2 is 1.57 bits per heavy atom. The van der Waals surface area contributed by atoms with Crippen LogP contribution >= 0.6 is 0 Å². The van der Waals surface area contributed by atoms with Gasteiger partial charge in [0.2, 0.25) is 0 Å². The molecule has 2 amide bonds. The van der Waals surface area contributed by atoms with E-state index < -0.39 is 11.8 Å². The van der Waals surface area contributed by atoms with Crippen molar-refractivity contribution in [3.05, 3.63) is 102 Å². The number of para-hydroxylation sites is 1. The second-order valence-electron chi connectivity index (χ2n) is 6.32. The quantitative estimate of drug-likeness (QED) is 0.466. The first-order valence-electron chi connectivity index (χ1n) is 9.34. The second-order valence-corrected chi connectivity index (χ2v) is 6.32. The van der Waals surface area contributed by atoms with Gasteiger partial charge in [-0.1, -0.05) is 48.5 Å². The Morgan fingerprint density at radius 1 is 0.867 bits per heavy atom. The van der Waals surface area contributed by atoms with Gasteiger partial charge in [0.25, 0.3) is 11.8 Å². The van der Waals surface area contributed by atoms with Crippen LogP contribution in [-0.2, 0) is 11.4 Å². The molecule has 0 saturated heterocycles. The maximum Gasteiger partial charge on any atom is 0.269 e. The van der Waals surface area contributed by atoms with Crippen LogP contribution in [0.4, 0.5) is 0 Å². The van der Waals surface area contributed by atoms with E-state index in [9.17, 15) is 9.59 Å². The summed E-state index contributed by atoms with van der Waals surface area (Å²) in [6.45, 7) is 0.445. The van der Waals surface area contributed by atoms with Gasteiger partial charge in [0.05, 0.1) is 7.11 Å². The lowest BCUT2D eigenvalue weighted by Gasteiger charge is -2.08. The smallest absolute Gasteiger partial charge is 0.269 e. The van der Waals surface area contributed by atoms with E-state index in [1.807, 2.05) is 48.5 Å². The fourth-order valence-corrected chi connectivity index (χ4v) is 2.65. The second kappa shape index (κ2) is 10.5. The number of ether oxygens (including phenoxy) is 2. The highest BCUT2D eigenvalue weighted by molar-refractivity contribution is 5.98. The van der Waals surface area contributed by atoms with Gasteiger partial charge in [-0.15, -0.1) is 0 Å². The molecule has 0 aliphatic heterocycles. The normalized spacial score (nSPS) is 10.4. The topological polar surface area (TPSA) is 76.7 Å². The van der Waals surface area contributed by atoms with Crippen molar-refractivity contribution < 1.29 is 19.1 Å². The molecule has 3 aromatic rings. The summed E-state index contributed by atoms with van der Waals surface area (Å²) in [4.78, 5) is 24.2. The Hall–Kier alpha value is -4.06. The van der Waals surface area contributed by atoms with Crippen molar-refractivity contribution in [2.24, 2.45) is 0 Å². The van der Waals surface area contributed by atoms with Gasteiger partial charge in [0.15, 0.2) is 0 Å². The zero-order chi connectivity index (χ0) is 21.2. The predicted octanol–water partition coefficient (Wildman–Crippen LogP) is 3.75. The fourth-order valence-electron chi connectivity index (χ4n) is 2.65. The highest BCUT2D eigenvalue weighted by Crippen LogP contribution is 2.18. The van der Waals surface area contributed by atoms with E-state index in [4.69, 9.17) is 9.47 Å². The Balaban J connectivity index is 1.48. The number of hydrogen-bond acceptors (Lipinski definition) is 4. The van der Waals surface area contributed by atoms with Crippen molar-refractivity contribution in [2.75, 3.05) is 7.11 Å². The molecule has 0 aliphatic rings. The lowest BCUT2D eigenvalue weighted by molar-refractivity contribution is -0.117. The van der Waals surface area contributed by atoms with Crippen LogP contribution < -0.4 is 20.3 Å². The number of carbonyl (C=O) groups is 2. The minimum Gasteiger partial charge on any atom is -0.496 e. The standard InChI is InChI=1S/C24H22N2O4/c1-29-22-10-6-5-9-19(22)13-16-23(27)25-26-24(28)20-11-14-21(15-12-20)30-17-18-7-3-2-4-8-18/h2-16H,17H2,1H3,(H,25,27)(H,26,28). The maximum absolute atomic E-state index is 12.2. The molecule has 0 saturated carbocycles. The van der Waals surface area contributed by atoms with Gasteiger partial charge in [-0.25, -0.2) is 0 Å². The summed E-state index contributed by atoms with van der Waals surface area (Å²) in [5.41, 5.74) is 6.95. The molecule has 0 aromatic heterocycles. The summed E-state index contributed by atoms with van der Waals surface area (Å²) < 4.78 is 10.9. The Labute approximate surface area is 175 Å². The molecule has 0 atom stereocenters. The molecule has 0 bridgehead atoms. The van der Waals surface area contributed by atoms with Crippen molar-refractivity contribution in [1.29, 1.82) is 0 Å². The number of nitrogens with one attached hydrogen (secondary N) is 2. The molecule has 152 valence electrons. The van der Waals surface area contributed by atoms with Gasteiger partial charge < -0.3 is 9.47 Å². The van der Waals surface area contributed by atoms with Gasteiger partial charge in [-0.2, -0.15) is 0 Å². The van der Waals surface area contributed by atoms with E-state index in [2.05, 4.69) is 10.9 Å². The van der Waals surface area contributed by atoms with Gasteiger partial charge in [0, 0.05) is 17.2 Å². The lowest BCUT2D eigenvalue weighted by Crippen LogP contribution is -2.40. The van der Waals surface area contributed by atoms with Crippen LogP contribution in [-0.4, -0.2) is 18.9 Å². The third-order valence-corrected chi connectivity index (χ3v) is 4.22.